The number of fused-ring (bicyclic) bond motifs is 1. The summed E-state index contributed by atoms with van der Waals surface area (Å²) in [6, 6.07) is -0.921. The van der Waals surface area contributed by atoms with Crippen LogP contribution < -0.4 is 11.1 Å². The Morgan fingerprint density at radius 2 is 2.03 bits per heavy atom. The number of oxime groups is 1. The fourth-order valence-electron chi connectivity index (χ4n) is 3.57. The Labute approximate surface area is 222 Å². The van der Waals surface area contributed by atoms with E-state index in [4.69, 9.17) is 29.5 Å². The van der Waals surface area contributed by atoms with E-state index in [0.717, 1.165) is 11.3 Å². The van der Waals surface area contributed by atoms with Gasteiger partial charge in [0.2, 0.25) is 6.29 Å². The number of methoxy groups -OCH3 is 1. The number of thiazole rings is 1. The van der Waals surface area contributed by atoms with Crippen LogP contribution in [0.1, 0.15) is 26.5 Å². The van der Waals surface area contributed by atoms with Gasteiger partial charge >= 0.3 is 5.97 Å². The number of anilines is 1. The third kappa shape index (κ3) is 6.53. The average Bonchev–Trinajstić information content (AvgIpc) is 3.25. The molecule has 202 valence electrons. The largest absolute Gasteiger partial charge is 0.463 e. The minimum Gasteiger partial charge on any atom is -0.463 e. The van der Waals surface area contributed by atoms with Crippen molar-refractivity contribution in [1.82, 2.24) is 15.2 Å². The summed E-state index contributed by atoms with van der Waals surface area (Å²) in [5.74, 6) is -1.58. The first kappa shape index (κ1) is 28.3. The highest BCUT2D eigenvalue weighted by atomic mass is 32.2. The van der Waals surface area contributed by atoms with Gasteiger partial charge in [-0.1, -0.05) is 5.16 Å². The summed E-state index contributed by atoms with van der Waals surface area (Å²) in [5, 5.41) is 7.63. The molecule has 0 saturated carbocycles. The van der Waals surface area contributed by atoms with E-state index >= 15 is 0 Å². The quantitative estimate of drug-likeness (QED) is 0.0950. The van der Waals surface area contributed by atoms with Gasteiger partial charge in [0.25, 0.3) is 17.8 Å². The fourth-order valence-corrected chi connectivity index (χ4v) is 5.44. The lowest BCUT2D eigenvalue weighted by molar-refractivity contribution is -0.177. The third-order valence-corrected chi connectivity index (χ3v) is 6.96. The SMILES string of the molecule is C=C(OC(C)C)OC(C)OC(=O)C1=C(COC)CS[C@@H]2[C@H](NC(=O)/C(=N\OC)c3csc(N)n3)C(=O)N12. The number of aromatic nitrogens is 1. The van der Waals surface area contributed by atoms with Crippen molar-refractivity contribution < 1.29 is 38.2 Å². The van der Waals surface area contributed by atoms with Crippen LogP contribution in [0, 0.1) is 0 Å². The van der Waals surface area contributed by atoms with E-state index in [1.807, 2.05) is 0 Å². The summed E-state index contributed by atoms with van der Waals surface area (Å²) in [7, 11) is 2.76. The number of esters is 1. The highest BCUT2D eigenvalue weighted by molar-refractivity contribution is 8.00. The molecule has 0 bridgehead atoms. The van der Waals surface area contributed by atoms with Crippen LogP contribution in [0.25, 0.3) is 0 Å². The predicted molar refractivity (Wildman–Crippen MR) is 136 cm³/mol. The predicted octanol–water partition coefficient (Wildman–Crippen LogP) is 1.18. The van der Waals surface area contributed by atoms with Crippen molar-refractivity contribution in [3.63, 3.8) is 0 Å². The second-order valence-electron chi connectivity index (χ2n) is 8.07. The Hall–Kier alpha value is -3.30. The van der Waals surface area contributed by atoms with Crippen LogP contribution in [0.15, 0.2) is 34.3 Å². The van der Waals surface area contributed by atoms with Crippen molar-refractivity contribution in [2.75, 3.05) is 32.3 Å². The maximum absolute atomic E-state index is 13.1. The van der Waals surface area contributed by atoms with Crippen molar-refractivity contribution in [3.05, 3.63) is 34.9 Å². The Kier molecular flexibility index (Phi) is 9.39. The molecule has 2 amide bonds. The number of nitrogens with one attached hydrogen (secondary N) is 1. The standard InChI is InChI=1S/C22H29N5O8S2/c1-10(2)33-11(3)34-12(4)35-21(30)17-13(7-31-5)8-36-20-16(19(29)27(17)20)25-18(28)15(26-32-6)14-9-37-22(23)24-14/h9-10,12,16,20H,3,7-8H2,1-2,4-6H3,(H2,23,24)(H,25,28)/b26-15-/t12?,16-,20-/m1/s1. The van der Waals surface area contributed by atoms with Gasteiger partial charge in [-0.15, -0.1) is 23.1 Å². The Morgan fingerprint density at radius 1 is 1.30 bits per heavy atom. The van der Waals surface area contributed by atoms with Crippen LogP contribution in [0.4, 0.5) is 5.13 Å². The summed E-state index contributed by atoms with van der Waals surface area (Å²) in [4.78, 5) is 49.3. The Bertz CT molecular complexity index is 1120. The first-order chi connectivity index (χ1) is 17.6. The third-order valence-electron chi connectivity index (χ3n) is 4.95. The molecule has 0 radical (unpaired) electrons. The molecule has 13 nitrogen and oxygen atoms in total. The zero-order valence-electron chi connectivity index (χ0n) is 21.0. The van der Waals surface area contributed by atoms with Crippen LogP contribution in [0.2, 0.25) is 0 Å². The number of hydrogen-bond acceptors (Lipinski definition) is 13. The van der Waals surface area contributed by atoms with Gasteiger partial charge in [0.1, 0.15) is 29.9 Å². The zero-order chi connectivity index (χ0) is 27.3. The molecule has 1 aromatic rings. The van der Waals surface area contributed by atoms with Crippen LogP contribution >= 0.6 is 23.1 Å². The van der Waals surface area contributed by atoms with E-state index in [-0.39, 0.29) is 40.9 Å². The van der Waals surface area contributed by atoms with Crippen LogP contribution in [0.5, 0.6) is 0 Å². The van der Waals surface area contributed by atoms with Gasteiger partial charge < -0.3 is 34.8 Å². The van der Waals surface area contributed by atoms with Crippen molar-refractivity contribution in [1.29, 1.82) is 0 Å². The minimum atomic E-state index is -1.03. The zero-order valence-corrected chi connectivity index (χ0v) is 22.6. The normalized spacial score (nSPS) is 20.1. The fraction of sp³-hybridized carbons (Fsp3) is 0.500. The summed E-state index contributed by atoms with van der Waals surface area (Å²) in [6.07, 6.45) is -1.20. The molecule has 1 fully saturated rings. The van der Waals surface area contributed by atoms with Gasteiger partial charge in [-0.05, 0) is 26.0 Å². The molecule has 3 rings (SSSR count). The van der Waals surface area contributed by atoms with Crippen LogP contribution in [-0.2, 0) is 38.2 Å². The van der Waals surface area contributed by atoms with Gasteiger partial charge in [0.05, 0.1) is 12.7 Å². The number of rotatable bonds is 12. The van der Waals surface area contributed by atoms with E-state index in [2.05, 4.69) is 22.0 Å². The second-order valence-corrected chi connectivity index (χ2v) is 10.1. The maximum Gasteiger partial charge on any atom is 0.358 e. The Morgan fingerprint density at radius 3 is 2.62 bits per heavy atom. The minimum absolute atomic E-state index is 0.00308. The van der Waals surface area contributed by atoms with E-state index in [0.29, 0.717) is 11.3 Å². The smallest absolute Gasteiger partial charge is 0.358 e. The van der Waals surface area contributed by atoms with Crippen molar-refractivity contribution in [2.45, 2.75) is 44.6 Å². The molecule has 37 heavy (non-hydrogen) atoms. The maximum atomic E-state index is 13.1. The number of carbonyl (C=O) groups excluding carboxylic acids is 3. The monoisotopic (exact) mass is 555 g/mol. The molecule has 3 N–H and O–H groups in total. The number of β-lactam (4-membered cyclic amide) rings is 1. The summed E-state index contributed by atoms with van der Waals surface area (Å²) >= 11 is 2.50. The average molecular weight is 556 g/mol. The summed E-state index contributed by atoms with van der Waals surface area (Å²) in [6.45, 7) is 8.84. The number of thioether (sulfide) groups is 1. The van der Waals surface area contributed by atoms with Crippen molar-refractivity contribution in [2.24, 2.45) is 5.16 Å². The lowest BCUT2D eigenvalue weighted by atomic mass is 10.0. The van der Waals surface area contributed by atoms with E-state index in [9.17, 15) is 14.4 Å². The molecule has 0 aromatic carbocycles. The molecule has 1 aromatic heterocycles. The molecule has 2 aliphatic heterocycles. The molecular weight excluding hydrogens is 526 g/mol. The number of nitrogens with two attached hydrogens (primary N) is 1. The van der Waals surface area contributed by atoms with Crippen LogP contribution in [-0.4, -0.2) is 83.8 Å². The lowest BCUT2D eigenvalue weighted by Crippen LogP contribution is -2.71. The molecule has 1 saturated heterocycles. The van der Waals surface area contributed by atoms with Crippen molar-refractivity contribution in [3.8, 4) is 0 Å². The van der Waals surface area contributed by atoms with Crippen molar-refractivity contribution >= 4 is 51.7 Å². The number of amides is 2. The molecule has 0 spiro atoms. The van der Waals surface area contributed by atoms with E-state index in [1.165, 1.54) is 37.8 Å². The van der Waals surface area contributed by atoms with Gasteiger partial charge in [-0.25, -0.2) is 9.78 Å². The highest BCUT2D eigenvalue weighted by Gasteiger charge is 2.55. The highest BCUT2D eigenvalue weighted by Crippen LogP contribution is 2.41. The molecule has 3 atom stereocenters. The number of nitrogen functional groups attached to an aromatic ring is 1. The molecule has 3 heterocycles. The summed E-state index contributed by atoms with van der Waals surface area (Å²) in [5.41, 5.74) is 6.35. The first-order valence-electron chi connectivity index (χ1n) is 11.1. The van der Waals surface area contributed by atoms with Crippen LogP contribution in [0.3, 0.4) is 0 Å². The number of nitrogens with zero attached hydrogens (tertiary/aromatic N) is 3. The number of ether oxygens (including phenoxy) is 4. The molecular formula is C22H29N5O8S2. The lowest BCUT2D eigenvalue weighted by Gasteiger charge is -2.49. The van der Waals surface area contributed by atoms with Gasteiger partial charge in [-0.2, -0.15) is 0 Å². The van der Waals surface area contributed by atoms with Gasteiger partial charge in [-0.3, -0.25) is 14.5 Å². The molecule has 2 aliphatic rings. The molecule has 15 heteroatoms. The van der Waals surface area contributed by atoms with E-state index in [1.54, 1.807) is 19.2 Å². The first-order valence-corrected chi connectivity index (χ1v) is 13.0. The number of hydrogen-bond donors (Lipinski definition) is 2. The second kappa shape index (κ2) is 12.3. The Balaban J connectivity index is 1.74. The number of carbonyl (C=O) groups is 3. The van der Waals surface area contributed by atoms with E-state index < -0.39 is 35.5 Å². The topological polar surface area (TPSA) is 164 Å². The summed E-state index contributed by atoms with van der Waals surface area (Å²) < 4.78 is 21.3. The van der Waals surface area contributed by atoms with Gasteiger partial charge in [0, 0.05) is 25.2 Å². The molecule has 1 unspecified atom stereocenters. The van der Waals surface area contributed by atoms with Gasteiger partial charge in [0.15, 0.2) is 10.8 Å². The molecule has 0 aliphatic carbocycles.